The van der Waals surface area contributed by atoms with Crippen molar-refractivity contribution in [1.29, 1.82) is 0 Å². The Balaban J connectivity index is 1.26. The molecule has 1 aliphatic heterocycles. The lowest BCUT2D eigenvalue weighted by molar-refractivity contribution is -0.0231. The lowest BCUT2D eigenvalue weighted by atomic mass is 9.78. The minimum atomic E-state index is -0.543. The predicted octanol–water partition coefficient (Wildman–Crippen LogP) is 2.12. The third-order valence-electron chi connectivity index (χ3n) is 6.28. The molecule has 0 radical (unpaired) electrons. The maximum atomic E-state index is 13.1. The molecule has 30 heavy (non-hydrogen) atoms. The molecule has 158 valence electrons. The van der Waals surface area contributed by atoms with Crippen molar-refractivity contribution in [3.05, 3.63) is 64.0 Å². The van der Waals surface area contributed by atoms with Crippen molar-refractivity contribution >= 4 is 5.65 Å². The smallest absolute Gasteiger partial charge is 0.272 e. The average Bonchev–Trinajstić information content (AvgIpc) is 3.26. The fourth-order valence-corrected chi connectivity index (χ4v) is 4.90. The summed E-state index contributed by atoms with van der Waals surface area (Å²) in [5.41, 5.74) is 2.18. The van der Waals surface area contributed by atoms with Gasteiger partial charge in [0.1, 0.15) is 17.7 Å². The third kappa shape index (κ3) is 3.73. The number of aryl methyl sites for hydroxylation is 1. The van der Waals surface area contributed by atoms with Crippen molar-refractivity contribution in [3.8, 4) is 5.75 Å². The Kier molecular flexibility index (Phi) is 4.83. The maximum Gasteiger partial charge on any atom is 0.272 e. The highest BCUT2D eigenvalue weighted by Gasteiger charge is 2.42. The first-order valence-electron chi connectivity index (χ1n) is 10.4. The van der Waals surface area contributed by atoms with E-state index in [1.165, 1.54) is 16.6 Å². The molecule has 0 unspecified atom stereocenters. The number of nitrogens with one attached hydrogen (secondary N) is 1. The zero-order valence-corrected chi connectivity index (χ0v) is 16.8. The van der Waals surface area contributed by atoms with Gasteiger partial charge in [-0.25, -0.2) is 13.9 Å². The van der Waals surface area contributed by atoms with Gasteiger partial charge in [-0.05, 0) is 55.9 Å². The van der Waals surface area contributed by atoms with Gasteiger partial charge < -0.3 is 9.84 Å². The van der Waals surface area contributed by atoms with Crippen LogP contribution in [0.25, 0.3) is 5.65 Å². The first kappa shape index (κ1) is 19.3. The maximum absolute atomic E-state index is 13.1. The molecule has 1 saturated heterocycles. The number of halogens is 1. The summed E-state index contributed by atoms with van der Waals surface area (Å²) in [6, 6.07) is 9.37. The van der Waals surface area contributed by atoms with Crippen LogP contribution in [-0.4, -0.2) is 49.9 Å². The van der Waals surface area contributed by atoms with Crippen LogP contribution in [0, 0.1) is 24.6 Å². The van der Waals surface area contributed by atoms with E-state index in [-0.39, 0.29) is 17.5 Å². The number of likely N-dealkylation sites (tertiary alicyclic amines) is 1. The van der Waals surface area contributed by atoms with E-state index >= 15 is 0 Å². The van der Waals surface area contributed by atoms with E-state index in [0.29, 0.717) is 36.2 Å². The zero-order chi connectivity index (χ0) is 20.8. The lowest BCUT2D eigenvalue weighted by Gasteiger charge is -2.35. The second kappa shape index (κ2) is 7.52. The van der Waals surface area contributed by atoms with Crippen LogP contribution in [0.3, 0.4) is 0 Å². The van der Waals surface area contributed by atoms with Gasteiger partial charge >= 0.3 is 0 Å². The summed E-state index contributed by atoms with van der Waals surface area (Å²) >= 11 is 0. The number of rotatable bonds is 4. The third-order valence-corrected chi connectivity index (χ3v) is 6.28. The molecule has 1 aromatic carbocycles. The van der Waals surface area contributed by atoms with Crippen molar-refractivity contribution < 1.29 is 14.2 Å². The molecule has 1 aliphatic carbocycles. The Morgan fingerprint density at radius 1 is 1.20 bits per heavy atom. The van der Waals surface area contributed by atoms with E-state index in [1.807, 2.05) is 13.0 Å². The summed E-state index contributed by atoms with van der Waals surface area (Å²) in [4.78, 5) is 19.2. The van der Waals surface area contributed by atoms with Crippen LogP contribution in [0.2, 0.25) is 0 Å². The highest BCUT2D eigenvalue weighted by atomic mass is 19.1. The number of benzene rings is 1. The fourth-order valence-electron chi connectivity index (χ4n) is 4.90. The molecular formula is C22H25FN4O3. The molecule has 0 bridgehead atoms. The highest BCUT2D eigenvalue weighted by molar-refractivity contribution is 5.39. The monoisotopic (exact) mass is 412 g/mol. The van der Waals surface area contributed by atoms with Crippen LogP contribution in [0.5, 0.6) is 5.75 Å². The Morgan fingerprint density at radius 3 is 2.70 bits per heavy atom. The van der Waals surface area contributed by atoms with Gasteiger partial charge in [0.2, 0.25) is 0 Å². The van der Waals surface area contributed by atoms with E-state index in [9.17, 15) is 14.3 Å². The molecule has 2 fully saturated rings. The number of fused-ring (bicyclic) bond motifs is 2. The number of H-pyrrole nitrogens is 1. The van der Waals surface area contributed by atoms with Crippen molar-refractivity contribution in [3.63, 3.8) is 0 Å². The molecule has 0 spiro atoms. The highest BCUT2D eigenvalue weighted by Crippen LogP contribution is 2.38. The number of aliphatic hydroxyl groups is 1. The molecule has 3 aromatic rings. The number of hydrogen-bond donors (Lipinski definition) is 2. The molecule has 8 heteroatoms. The summed E-state index contributed by atoms with van der Waals surface area (Å²) < 4.78 is 20.5. The van der Waals surface area contributed by atoms with Crippen LogP contribution < -0.4 is 10.3 Å². The Labute approximate surface area is 173 Å². The Hall–Kier alpha value is -2.71. The largest absolute Gasteiger partial charge is 0.488 e. The second-order valence-corrected chi connectivity index (χ2v) is 8.58. The Bertz CT molecular complexity index is 1110. The number of nitrogens with zero attached hydrogens (tertiary/aromatic N) is 3. The summed E-state index contributed by atoms with van der Waals surface area (Å²) in [7, 11) is 0. The van der Waals surface area contributed by atoms with Crippen molar-refractivity contribution in [2.75, 3.05) is 13.1 Å². The van der Waals surface area contributed by atoms with Crippen LogP contribution in [0.1, 0.15) is 24.2 Å². The van der Waals surface area contributed by atoms with Gasteiger partial charge in [-0.1, -0.05) is 0 Å². The number of aromatic amines is 1. The van der Waals surface area contributed by atoms with E-state index in [1.54, 1.807) is 18.2 Å². The van der Waals surface area contributed by atoms with Crippen LogP contribution >= 0.6 is 0 Å². The fraction of sp³-hybridized carbons (Fsp3) is 0.455. The van der Waals surface area contributed by atoms with Gasteiger partial charge in [0, 0.05) is 37.5 Å². The van der Waals surface area contributed by atoms with Gasteiger partial charge in [-0.3, -0.25) is 14.8 Å². The summed E-state index contributed by atoms with van der Waals surface area (Å²) in [6.45, 7) is 4.27. The van der Waals surface area contributed by atoms with Crippen molar-refractivity contribution in [2.24, 2.45) is 11.8 Å². The Morgan fingerprint density at radius 2 is 1.93 bits per heavy atom. The molecule has 2 aliphatic rings. The van der Waals surface area contributed by atoms with Crippen LogP contribution in [0.4, 0.5) is 4.39 Å². The molecule has 2 N–H and O–H groups in total. The minimum absolute atomic E-state index is 0.108. The molecule has 1 saturated carbocycles. The average molecular weight is 412 g/mol. The quantitative estimate of drug-likeness (QED) is 0.686. The van der Waals surface area contributed by atoms with Crippen LogP contribution in [0.15, 0.2) is 41.2 Å². The zero-order valence-electron chi connectivity index (χ0n) is 16.8. The first-order valence-corrected chi connectivity index (χ1v) is 10.4. The topological polar surface area (TPSA) is 82.9 Å². The first-order chi connectivity index (χ1) is 14.4. The minimum Gasteiger partial charge on any atom is -0.488 e. The normalized spacial score (nSPS) is 26.8. The SMILES string of the molecule is Cc1cc2nc(CN3C[C@H]4C[C@@H](Oc5ccc(F)cc5)[C@H](O)C[C@H]4C3)cc(=O)n2[nH]1. The summed E-state index contributed by atoms with van der Waals surface area (Å²) in [5, 5.41) is 13.6. The standard InChI is InChI=1S/C22H25FN4O3/c1-13-6-21-24-17(9-22(29)27(21)25-13)12-26-10-14-7-19(28)20(8-15(14)11-26)30-18-4-2-16(23)3-5-18/h2-6,9,14-15,19-20,25,28H,7-8,10-12H2,1H3/t14-,15+,19+,20+/m0/s1. The molecule has 4 atom stereocenters. The van der Waals surface area contributed by atoms with Gasteiger partial charge in [0.15, 0.2) is 5.65 Å². The lowest BCUT2D eigenvalue weighted by Crippen LogP contribution is -2.42. The number of ether oxygens (including phenoxy) is 1. The molecule has 2 aromatic heterocycles. The van der Waals surface area contributed by atoms with E-state index in [4.69, 9.17) is 4.74 Å². The number of aromatic nitrogens is 3. The molecule has 0 amide bonds. The van der Waals surface area contributed by atoms with Gasteiger partial charge in [-0.15, -0.1) is 0 Å². The molecular weight excluding hydrogens is 387 g/mol. The van der Waals surface area contributed by atoms with Crippen molar-refractivity contribution in [1.82, 2.24) is 19.5 Å². The van der Waals surface area contributed by atoms with Gasteiger partial charge in [-0.2, -0.15) is 0 Å². The summed E-state index contributed by atoms with van der Waals surface area (Å²) in [5.74, 6) is 1.08. The molecule has 7 nitrogen and oxygen atoms in total. The van der Waals surface area contributed by atoms with Gasteiger partial charge in [0.25, 0.3) is 5.56 Å². The van der Waals surface area contributed by atoms with Crippen LogP contribution in [-0.2, 0) is 6.54 Å². The second-order valence-electron chi connectivity index (χ2n) is 8.58. The molecule has 5 rings (SSSR count). The molecule has 3 heterocycles. The van der Waals surface area contributed by atoms with E-state index in [0.717, 1.165) is 30.9 Å². The van der Waals surface area contributed by atoms with Crippen molar-refractivity contribution in [2.45, 2.75) is 38.5 Å². The summed E-state index contributed by atoms with van der Waals surface area (Å²) in [6.07, 6.45) is 0.599. The number of hydrogen-bond acceptors (Lipinski definition) is 5. The predicted molar refractivity (Wildman–Crippen MR) is 109 cm³/mol. The van der Waals surface area contributed by atoms with E-state index < -0.39 is 6.10 Å². The number of aliphatic hydroxyl groups excluding tert-OH is 1. The van der Waals surface area contributed by atoms with E-state index in [2.05, 4.69) is 15.0 Å². The van der Waals surface area contributed by atoms with Gasteiger partial charge in [0.05, 0.1) is 11.8 Å².